The number of esters is 1. The van der Waals surface area contributed by atoms with Crippen LogP contribution in [0.5, 0.6) is 0 Å². The molecule has 0 aromatic carbocycles. The van der Waals surface area contributed by atoms with Crippen molar-refractivity contribution in [2.75, 3.05) is 6.61 Å². The summed E-state index contributed by atoms with van der Waals surface area (Å²) in [6.07, 6.45) is 14.1. The molecule has 0 spiro atoms. The molecule has 0 N–H and O–H groups in total. The first kappa shape index (κ1) is 39.1. The Kier molecular flexibility index (Phi) is 11.2. The van der Waals surface area contributed by atoms with Gasteiger partial charge in [-0.2, -0.15) is 0 Å². The zero-order chi connectivity index (χ0) is 35.4. The predicted molar refractivity (Wildman–Crippen MR) is 200 cm³/mol. The van der Waals surface area contributed by atoms with Crippen molar-refractivity contribution in [2.24, 2.45) is 28.6 Å². The van der Waals surface area contributed by atoms with Crippen LogP contribution in [-0.4, -0.2) is 47.2 Å². The second-order valence-corrected chi connectivity index (χ2v) is 28.7. The maximum Gasteiger partial charge on any atom is 0.332 e. The van der Waals surface area contributed by atoms with Crippen LogP contribution >= 0.6 is 0 Å². The lowest BCUT2D eigenvalue weighted by atomic mass is 9.49. The lowest BCUT2D eigenvalue weighted by Crippen LogP contribution is -2.63. The predicted octanol–water partition coefficient (Wildman–Crippen LogP) is 11.4. The van der Waals surface area contributed by atoms with Crippen molar-refractivity contribution >= 4 is 22.6 Å². The highest BCUT2D eigenvalue weighted by Crippen LogP contribution is 2.67. The largest absolute Gasteiger partial charge is 0.461 e. The summed E-state index contributed by atoms with van der Waals surface area (Å²) in [7, 11) is -4.53. The highest BCUT2D eigenvalue weighted by Gasteiger charge is 2.63. The fourth-order valence-corrected chi connectivity index (χ4v) is 12.0. The van der Waals surface area contributed by atoms with Gasteiger partial charge in [-0.3, -0.25) is 0 Å². The maximum absolute atomic E-state index is 13.2. The number of allylic oxidation sites excluding steroid dienone is 3. The number of carbonyl (C=O) groups excluding carboxylic acids is 1. The Balaban J connectivity index is 1.82. The van der Waals surface area contributed by atoms with Gasteiger partial charge in [-0.25, -0.2) is 4.79 Å². The maximum atomic E-state index is 13.2. The van der Waals surface area contributed by atoms with E-state index in [9.17, 15) is 4.79 Å². The number of fused-ring (bicyclic) bond motifs is 5. The second kappa shape index (κ2) is 13.4. The number of ether oxygens (including phenoxy) is 2. The van der Waals surface area contributed by atoms with E-state index < -0.39 is 22.4 Å². The molecule has 0 radical (unpaired) electrons. The molecular weight excluding hydrogens is 617 g/mol. The van der Waals surface area contributed by atoms with Gasteiger partial charge in [-0.05, 0) is 98.0 Å². The molecule has 3 fully saturated rings. The van der Waals surface area contributed by atoms with Crippen LogP contribution in [0.1, 0.15) is 134 Å². The van der Waals surface area contributed by atoms with Crippen molar-refractivity contribution in [1.29, 1.82) is 0 Å². The van der Waals surface area contributed by atoms with Crippen LogP contribution in [0.3, 0.4) is 0 Å². The number of rotatable bonds is 11. The van der Waals surface area contributed by atoms with Crippen LogP contribution < -0.4 is 0 Å². The summed E-state index contributed by atoms with van der Waals surface area (Å²) in [5, 5.41) is 0.0436. The molecule has 5 nitrogen and oxygen atoms in total. The summed E-state index contributed by atoms with van der Waals surface area (Å²) < 4.78 is 27.7. The highest BCUT2D eigenvalue weighted by molar-refractivity contribution is 6.74. The first-order valence-electron chi connectivity index (χ1n) is 19.1. The fourth-order valence-electron chi connectivity index (χ4n) is 9.19. The van der Waals surface area contributed by atoms with E-state index >= 15 is 0 Å². The minimum atomic E-state index is -2.33. The van der Waals surface area contributed by atoms with Crippen molar-refractivity contribution in [1.82, 2.24) is 0 Å². The lowest BCUT2D eigenvalue weighted by Gasteiger charge is -2.61. The third-order valence-electron chi connectivity index (χ3n) is 14.5. The Morgan fingerprint density at radius 2 is 1.51 bits per heavy atom. The van der Waals surface area contributed by atoms with Crippen LogP contribution in [0.4, 0.5) is 0 Å². The number of hydrogen-bond donors (Lipinski definition) is 0. The quantitative estimate of drug-likeness (QED) is 0.123. The summed E-state index contributed by atoms with van der Waals surface area (Å²) in [6, 6.07) is 0. The van der Waals surface area contributed by atoms with E-state index in [1.165, 1.54) is 37.7 Å². The molecule has 0 amide bonds. The number of hydrogen-bond acceptors (Lipinski definition) is 5. The summed E-state index contributed by atoms with van der Waals surface area (Å²) in [5.74, 6) is 0.670. The van der Waals surface area contributed by atoms with E-state index in [1.54, 1.807) is 5.57 Å². The molecule has 3 saturated carbocycles. The van der Waals surface area contributed by atoms with E-state index in [-0.39, 0.29) is 40.3 Å². The molecule has 0 saturated heterocycles. The Labute approximate surface area is 291 Å². The molecule has 47 heavy (non-hydrogen) atoms. The SMILES string of the molecule is CCC(CC)OC(=O)CO[C@@]1(O[Si](C)(C)C(C)(C)C)CC2=CC=C3C4CC[C@H](CC)[C@@]4(C)CC[C@@H]3[C@@]2(C)[C@@H](O[Si](C)(C)C(C)(C)C)C1. The van der Waals surface area contributed by atoms with Gasteiger partial charge in [-0.15, -0.1) is 0 Å². The molecule has 4 aliphatic carbocycles. The molecule has 4 rings (SSSR count). The molecule has 4 aliphatic rings. The van der Waals surface area contributed by atoms with Gasteiger partial charge < -0.3 is 18.3 Å². The topological polar surface area (TPSA) is 54.0 Å². The van der Waals surface area contributed by atoms with Crippen molar-refractivity contribution < 1.29 is 23.1 Å². The zero-order valence-corrected chi connectivity index (χ0v) is 35.2. The summed E-state index contributed by atoms with van der Waals surface area (Å²) in [4.78, 5) is 13.2. The van der Waals surface area contributed by atoms with Gasteiger partial charge in [0, 0.05) is 18.3 Å². The van der Waals surface area contributed by atoms with Gasteiger partial charge in [-0.1, -0.05) is 106 Å². The van der Waals surface area contributed by atoms with Crippen LogP contribution in [0.15, 0.2) is 23.3 Å². The molecular formula is C40H72O5Si2. The minimum absolute atomic E-state index is 0.0178. The third-order valence-corrected chi connectivity index (χ3v) is 23.5. The zero-order valence-electron chi connectivity index (χ0n) is 33.2. The molecule has 7 heteroatoms. The smallest absolute Gasteiger partial charge is 0.332 e. The van der Waals surface area contributed by atoms with E-state index in [2.05, 4.69) is 115 Å². The second-order valence-electron chi connectivity index (χ2n) is 19.2. The molecule has 0 aromatic rings. The Morgan fingerprint density at radius 1 is 0.894 bits per heavy atom. The third kappa shape index (κ3) is 7.23. The molecule has 1 unspecified atom stereocenters. The van der Waals surface area contributed by atoms with Gasteiger partial charge in [0.05, 0.1) is 6.10 Å². The van der Waals surface area contributed by atoms with Gasteiger partial charge in [0.2, 0.25) is 0 Å². The highest BCUT2D eigenvalue weighted by atomic mass is 28.4. The normalized spacial score (nSPS) is 34.7. The number of carbonyl (C=O) groups is 1. The molecule has 0 aromatic heterocycles. The summed E-state index contributed by atoms with van der Waals surface area (Å²) >= 11 is 0. The monoisotopic (exact) mass is 688 g/mol. The average Bonchev–Trinajstić information content (AvgIpc) is 3.30. The molecule has 0 heterocycles. The standard InChI is InChI=1S/C40H72O5Si2/c1-16-28-20-22-32-31-21-19-29-25-40(45-47(14,15)37(7,8)9,42-27-35(41)43-30(17-2)18-3)26-34(44-46(12,13)36(4,5)6)39(29,11)33(31)23-24-38(28,32)10/h19,21,28,30,32-34H,16-18,20,22-27H2,1-15H3/t28-,32?,33-,34-,38+,39-,40+/m0/s1. The molecule has 270 valence electrons. The van der Waals surface area contributed by atoms with Crippen molar-refractivity contribution in [3.05, 3.63) is 23.3 Å². The Morgan fingerprint density at radius 3 is 2.06 bits per heavy atom. The van der Waals surface area contributed by atoms with E-state index in [0.717, 1.165) is 18.8 Å². The lowest BCUT2D eigenvalue weighted by molar-refractivity contribution is -0.235. The Hall–Kier alpha value is -0.736. The fraction of sp³-hybridized carbons (Fsp3) is 0.875. The van der Waals surface area contributed by atoms with E-state index in [1.807, 2.05) is 0 Å². The minimum Gasteiger partial charge on any atom is -0.461 e. The van der Waals surface area contributed by atoms with E-state index in [0.29, 0.717) is 30.1 Å². The van der Waals surface area contributed by atoms with Crippen molar-refractivity contribution in [2.45, 2.75) is 188 Å². The average molecular weight is 689 g/mol. The molecule has 0 aliphatic heterocycles. The van der Waals surface area contributed by atoms with Gasteiger partial charge in [0.25, 0.3) is 0 Å². The first-order chi connectivity index (χ1) is 21.5. The van der Waals surface area contributed by atoms with Crippen LogP contribution in [0.2, 0.25) is 36.3 Å². The summed E-state index contributed by atoms with van der Waals surface area (Å²) in [5.41, 5.74) is 3.31. The van der Waals surface area contributed by atoms with Crippen LogP contribution in [0, 0.1) is 28.6 Å². The van der Waals surface area contributed by atoms with E-state index in [4.69, 9.17) is 18.3 Å². The summed E-state index contributed by atoms with van der Waals surface area (Å²) in [6.45, 7) is 34.8. The van der Waals surface area contributed by atoms with Gasteiger partial charge in [0.1, 0.15) is 12.7 Å². The van der Waals surface area contributed by atoms with Gasteiger partial charge in [0.15, 0.2) is 22.4 Å². The van der Waals surface area contributed by atoms with Crippen LogP contribution in [-0.2, 0) is 23.1 Å². The van der Waals surface area contributed by atoms with Crippen molar-refractivity contribution in [3.8, 4) is 0 Å². The molecule has 0 bridgehead atoms. The van der Waals surface area contributed by atoms with Crippen LogP contribution in [0.25, 0.3) is 0 Å². The van der Waals surface area contributed by atoms with Gasteiger partial charge >= 0.3 is 5.97 Å². The first-order valence-corrected chi connectivity index (χ1v) is 24.9. The Bertz CT molecular complexity index is 1200. The molecule has 7 atom stereocenters. The van der Waals surface area contributed by atoms with Crippen molar-refractivity contribution in [3.63, 3.8) is 0 Å².